The summed E-state index contributed by atoms with van der Waals surface area (Å²) in [7, 11) is -3.75. The Hall–Kier alpha value is -0.680. The maximum Gasteiger partial charge on any atom is 0.222 e. The Bertz CT molecular complexity index is 198. The normalized spacial score (nSPS) is 14.3. The van der Waals surface area contributed by atoms with Crippen LogP contribution in [0.2, 0.25) is 0 Å². The van der Waals surface area contributed by atoms with Gasteiger partial charge in [-0.25, -0.2) is 13.6 Å². The van der Waals surface area contributed by atoms with Gasteiger partial charge in [-0.15, -0.1) is 6.58 Å². The minimum Gasteiger partial charge on any atom is -0.302 e. The van der Waals surface area contributed by atoms with Crippen LogP contribution in [0.3, 0.4) is 0 Å². The number of nitrogens with two attached hydrogens (primary N) is 1. The number of aldehydes is 1. The fourth-order valence-electron chi connectivity index (χ4n) is 0.267. The van der Waals surface area contributed by atoms with Crippen molar-refractivity contribution in [2.75, 3.05) is 0 Å². The molecule has 0 rings (SSSR count). The van der Waals surface area contributed by atoms with Gasteiger partial charge in [0.25, 0.3) is 0 Å². The van der Waals surface area contributed by atoms with E-state index in [9.17, 15) is 13.2 Å². The zero-order valence-corrected chi connectivity index (χ0v) is 5.47. The average molecular weight is 149 g/mol. The van der Waals surface area contributed by atoms with Crippen molar-refractivity contribution in [2.45, 2.75) is 5.25 Å². The van der Waals surface area contributed by atoms with Crippen molar-refractivity contribution >= 4 is 16.3 Å². The van der Waals surface area contributed by atoms with E-state index in [-0.39, 0.29) is 6.29 Å². The SMILES string of the molecule is C=CC(C=O)S(N)(=O)=O. The third-order valence-corrected chi connectivity index (χ3v) is 1.81. The first-order chi connectivity index (χ1) is 4.02. The Kier molecular flexibility index (Phi) is 2.54. The molecular formula is C4H7NO3S. The minimum atomic E-state index is -3.75. The molecule has 9 heavy (non-hydrogen) atoms. The van der Waals surface area contributed by atoms with E-state index in [0.29, 0.717) is 0 Å². The molecule has 0 aliphatic rings. The van der Waals surface area contributed by atoms with Crippen LogP contribution in [0.25, 0.3) is 0 Å². The van der Waals surface area contributed by atoms with Crippen LogP contribution in [0.5, 0.6) is 0 Å². The molecular weight excluding hydrogens is 142 g/mol. The summed E-state index contributed by atoms with van der Waals surface area (Å²) in [6.45, 7) is 3.11. The Balaban J connectivity index is 4.51. The molecule has 0 bridgehead atoms. The van der Waals surface area contributed by atoms with Crippen LogP contribution in [-0.2, 0) is 14.8 Å². The van der Waals surface area contributed by atoms with Gasteiger partial charge in [-0.1, -0.05) is 6.08 Å². The third kappa shape index (κ3) is 2.39. The van der Waals surface area contributed by atoms with Crippen LogP contribution in [0.4, 0.5) is 0 Å². The van der Waals surface area contributed by atoms with Gasteiger partial charge in [0, 0.05) is 0 Å². The molecule has 0 aromatic carbocycles. The smallest absolute Gasteiger partial charge is 0.222 e. The first-order valence-electron chi connectivity index (χ1n) is 2.12. The lowest BCUT2D eigenvalue weighted by Crippen LogP contribution is -2.27. The van der Waals surface area contributed by atoms with Crippen molar-refractivity contribution in [1.82, 2.24) is 0 Å². The highest BCUT2D eigenvalue weighted by molar-refractivity contribution is 7.90. The summed E-state index contributed by atoms with van der Waals surface area (Å²) in [5, 5.41) is 3.30. The standard InChI is InChI=1S/C4H7NO3S/c1-2-4(3-6)9(5,7)8/h2-4H,1H2,(H2,5,7,8). The predicted molar refractivity (Wildman–Crippen MR) is 33.2 cm³/mol. The molecule has 0 spiro atoms. The van der Waals surface area contributed by atoms with Crippen LogP contribution >= 0.6 is 0 Å². The maximum absolute atomic E-state index is 10.3. The summed E-state index contributed by atoms with van der Waals surface area (Å²) in [4.78, 5) is 9.85. The van der Waals surface area contributed by atoms with Crippen molar-refractivity contribution in [2.24, 2.45) is 5.14 Å². The van der Waals surface area contributed by atoms with Gasteiger partial charge in [-0.3, -0.25) is 0 Å². The molecule has 0 amide bonds. The van der Waals surface area contributed by atoms with Crippen LogP contribution < -0.4 is 5.14 Å². The van der Waals surface area contributed by atoms with Gasteiger partial charge in [-0.2, -0.15) is 0 Å². The third-order valence-electron chi connectivity index (χ3n) is 0.746. The van der Waals surface area contributed by atoms with Gasteiger partial charge < -0.3 is 4.79 Å². The number of primary sulfonamides is 1. The molecule has 52 valence electrons. The number of sulfonamides is 1. The number of rotatable bonds is 3. The summed E-state index contributed by atoms with van der Waals surface area (Å²) in [5.41, 5.74) is 0. The quantitative estimate of drug-likeness (QED) is 0.414. The monoisotopic (exact) mass is 149 g/mol. The lowest BCUT2D eigenvalue weighted by atomic mass is 10.5. The van der Waals surface area contributed by atoms with Crippen molar-refractivity contribution in [1.29, 1.82) is 0 Å². The van der Waals surface area contributed by atoms with Gasteiger partial charge in [-0.05, 0) is 0 Å². The molecule has 4 nitrogen and oxygen atoms in total. The highest BCUT2D eigenvalue weighted by Gasteiger charge is 2.15. The molecule has 0 fully saturated rings. The highest BCUT2D eigenvalue weighted by Crippen LogP contribution is 1.90. The molecule has 1 unspecified atom stereocenters. The van der Waals surface area contributed by atoms with E-state index in [1.165, 1.54) is 0 Å². The molecule has 5 heteroatoms. The Labute approximate surface area is 53.4 Å². The molecule has 0 aliphatic heterocycles. The maximum atomic E-state index is 10.3. The summed E-state index contributed by atoms with van der Waals surface area (Å²) in [6, 6.07) is 0. The molecule has 2 N–H and O–H groups in total. The number of hydrogen-bond donors (Lipinski definition) is 1. The Morgan fingerprint density at radius 2 is 2.00 bits per heavy atom. The van der Waals surface area contributed by atoms with Gasteiger partial charge in [0.05, 0.1) is 0 Å². The van der Waals surface area contributed by atoms with E-state index in [2.05, 4.69) is 11.7 Å². The number of carbonyl (C=O) groups excluding carboxylic acids is 1. The fraction of sp³-hybridized carbons (Fsp3) is 0.250. The lowest BCUT2D eigenvalue weighted by molar-refractivity contribution is -0.106. The zero-order valence-electron chi connectivity index (χ0n) is 4.65. The number of carbonyl (C=O) groups is 1. The van der Waals surface area contributed by atoms with E-state index < -0.39 is 15.3 Å². The topological polar surface area (TPSA) is 77.2 Å². The number of hydrogen-bond acceptors (Lipinski definition) is 3. The van der Waals surface area contributed by atoms with E-state index in [1.807, 2.05) is 0 Å². The summed E-state index contributed by atoms with van der Waals surface area (Å²) < 4.78 is 20.5. The fourth-order valence-corrected chi connectivity index (χ4v) is 0.690. The van der Waals surface area contributed by atoms with Gasteiger partial charge >= 0.3 is 0 Å². The molecule has 0 aromatic heterocycles. The van der Waals surface area contributed by atoms with Crippen molar-refractivity contribution in [3.05, 3.63) is 12.7 Å². The van der Waals surface area contributed by atoms with Crippen molar-refractivity contribution < 1.29 is 13.2 Å². The zero-order chi connectivity index (χ0) is 7.49. The predicted octanol–water partition coefficient (Wildman–Crippen LogP) is -0.972. The summed E-state index contributed by atoms with van der Waals surface area (Å²) >= 11 is 0. The van der Waals surface area contributed by atoms with E-state index in [4.69, 9.17) is 0 Å². The lowest BCUT2D eigenvalue weighted by Gasteiger charge is -1.97. The van der Waals surface area contributed by atoms with Gasteiger partial charge in [0.1, 0.15) is 11.5 Å². The van der Waals surface area contributed by atoms with E-state index in [1.54, 1.807) is 0 Å². The van der Waals surface area contributed by atoms with Crippen LogP contribution in [-0.4, -0.2) is 20.0 Å². The summed E-state index contributed by atoms with van der Waals surface area (Å²) in [5.74, 6) is 0. The molecule has 0 aliphatic carbocycles. The second-order valence-electron chi connectivity index (χ2n) is 1.43. The minimum absolute atomic E-state index is 0.225. The molecule has 0 saturated heterocycles. The molecule has 1 atom stereocenters. The first kappa shape index (κ1) is 8.32. The van der Waals surface area contributed by atoms with Gasteiger partial charge in [0.2, 0.25) is 10.0 Å². The van der Waals surface area contributed by atoms with E-state index in [0.717, 1.165) is 6.08 Å². The van der Waals surface area contributed by atoms with Gasteiger partial charge in [0.15, 0.2) is 0 Å². The first-order valence-corrected chi connectivity index (χ1v) is 3.72. The van der Waals surface area contributed by atoms with Crippen LogP contribution in [0, 0.1) is 0 Å². The van der Waals surface area contributed by atoms with Crippen molar-refractivity contribution in [3.63, 3.8) is 0 Å². The average Bonchev–Trinajstić information content (AvgIpc) is 1.65. The Morgan fingerprint density at radius 1 is 1.56 bits per heavy atom. The van der Waals surface area contributed by atoms with Crippen molar-refractivity contribution in [3.8, 4) is 0 Å². The van der Waals surface area contributed by atoms with Crippen LogP contribution in [0.1, 0.15) is 0 Å². The second-order valence-corrected chi connectivity index (χ2v) is 3.15. The summed E-state index contributed by atoms with van der Waals surface area (Å²) in [6.07, 6.45) is 1.20. The molecule has 0 saturated carbocycles. The highest BCUT2D eigenvalue weighted by atomic mass is 32.2. The molecule has 0 radical (unpaired) electrons. The van der Waals surface area contributed by atoms with E-state index >= 15 is 0 Å². The molecule has 0 aromatic rings. The second kappa shape index (κ2) is 2.75. The van der Waals surface area contributed by atoms with Crippen LogP contribution in [0.15, 0.2) is 12.7 Å². The Morgan fingerprint density at radius 3 is 2.00 bits per heavy atom. The molecule has 0 heterocycles. The largest absolute Gasteiger partial charge is 0.302 e.